The van der Waals surface area contributed by atoms with Gasteiger partial charge in [0.25, 0.3) is 0 Å². The van der Waals surface area contributed by atoms with Gasteiger partial charge in [-0.1, -0.05) is 12.1 Å². The van der Waals surface area contributed by atoms with Gasteiger partial charge in [0.05, 0.1) is 41.3 Å². The van der Waals surface area contributed by atoms with Gasteiger partial charge in [-0.15, -0.1) is 0 Å². The first kappa shape index (κ1) is 17.2. The minimum absolute atomic E-state index is 0.313. The standard InChI is InChI=1S/C17H21N5O3S/c1-26(24,25)11-16(23)15-8-12-9-21(6-7-22(12)20-15)10-17-18-13-4-2-3-5-14(13)19-17/h2-5,8,16,23H,6-7,9-11H2,1H3,(H,18,19)/t16-/m0/s1. The molecule has 4 rings (SSSR count). The van der Waals surface area contributed by atoms with Crippen LogP contribution in [0, 0.1) is 0 Å². The molecule has 0 aliphatic carbocycles. The summed E-state index contributed by atoms with van der Waals surface area (Å²) in [6, 6.07) is 9.73. The number of hydrogen-bond acceptors (Lipinski definition) is 6. The van der Waals surface area contributed by atoms with Crippen molar-refractivity contribution in [2.24, 2.45) is 0 Å². The third-order valence-electron chi connectivity index (χ3n) is 4.51. The van der Waals surface area contributed by atoms with Crippen molar-refractivity contribution in [2.45, 2.75) is 25.7 Å². The third kappa shape index (κ3) is 3.64. The molecule has 9 heteroatoms. The van der Waals surface area contributed by atoms with Gasteiger partial charge in [0.1, 0.15) is 21.8 Å². The first-order valence-electron chi connectivity index (χ1n) is 8.46. The molecule has 0 amide bonds. The molecule has 26 heavy (non-hydrogen) atoms. The molecule has 0 radical (unpaired) electrons. The van der Waals surface area contributed by atoms with E-state index in [0.29, 0.717) is 25.3 Å². The van der Waals surface area contributed by atoms with Gasteiger partial charge in [-0.2, -0.15) is 5.10 Å². The van der Waals surface area contributed by atoms with Gasteiger partial charge < -0.3 is 10.1 Å². The van der Waals surface area contributed by atoms with E-state index in [1.807, 2.05) is 28.9 Å². The molecule has 0 saturated heterocycles. The number of aliphatic hydroxyl groups is 1. The lowest BCUT2D eigenvalue weighted by Gasteiger charge is -2.26. The first-order chi connectivity index (χ1) is 12.4. The monoisotopic (exact) mass is 375 g/mol. The van der Waals surface area contributed by atoms with Crippen LogP contribution in [0.3, 0.4) is 0 Å². The number of imidazole rings is 1. The van der Waals surface area contributed by atoms with Crippen LogP contribution in [0.25, 0.3) is 11.0 Å². The summed E-state index contributed by atoms with van der Waals surface area (Å²) in [5.41, 5.74) is 3.36. The molecule has 1 atom stereocenters. The summed E-state index contributed by atoms with van der Waals surface area (Å²) in [5, 5.41) is 14.5. The number of fused-ring (bicyclic) bond motifs is 2. The molecule has 0 unspecified atom stereocenters. The Labute approximate surface area is 151 Å². The quantitative estimate of drug-likeness (QED) is 0.685. The van der Waals surface area contributed by atoms with Crippen LogP contribution in [-0.2, 0) is 29.5 Å². The fraction of sp³-hybridized carbons (Fsp3) is 0.412. The zero-order valence-corrected chi connectivity index (χ0v) is 15.3. The Kier molecular flexibility index (Phi) is 4.29. The van der Waals surface area contributed by atoms with Gasteiger partial charge in [-0.05, 0) is 18.2 Å². The zero-order valence-electron chi connectivity index (χ0n) is 14.5. The smallest absolute Gasteiger partial charge is 0.150 e. The average Bonchev–Trinajstić information content (AvgIpc) is 3.15. The van der Waals surface area contributed by atoms with E-state index in [-0.39, 0.29) is 5.75 Å². The lowest BCUT2D eigenvalue weighted by atomic mass is 10.2. The van der Waals surface area contributed by atoms with Crippen molar-refractivity contribution in [3.8, 4) is 0 Å². The summed E-state index contributed by atoms with van der Waals surface area (Å²) in [4.78, 5) is 10.2. The average molecular weight is 375 g/mol. The van der Waals surface area contributed by atoms with Crippen LogP contribution in [0.5, 0.6) is 0 Å². The number of aliphatic hydroxyl groups excluding tert-OH is 1. The van der Waals surface area contributed by atoms with Gasteiger partial charge >= 0.3 is 0 Å². The second-order valence-electron chi connectivity index (χ2n) is 6.80. The molecule has 8 nitrogen and oxygen atoms in total. The Morgan fingerprint density at radius 2 is 2.12 bits per heavy atom. The van der Waals surface area contributed by atoms with E-state index in [2.05, 4.69) is 20.0 Å². The maximum Gasteiger partial charge on any atom is 0.150 e. The van der Waals surface area contributed by atoms with Crippen molar-refractivity contribution >= 4 is 20.9 Å². The number of aromatic amines is 1. The molecule has 138 valence electrons. The molecule has 1 aliphatic heterocycles. The number of rotatable bonds is 5. The second kappa shape index (κ2) is 6.49. The molecule has 2 N–H and O–H groups in total. The Hall–Kier alpha value is -2.23. The maximum absolute atomic E-state index is 11.4. The highest BCUT2D eigenvalue weighted by molar-refractivity contribution is 7.90. The van der Waals surface area contributed by atoms with Crippen LogP contribution in [0.2, 0.25) is 0 Å². The number of benzene rings is 1. The van der Waals surface area contributed by atoms with Gasteiger partial charge in [0.15, 0.2) is 0 Å². The van der Waals surface area contributed by atoms with Gasteiger partial charge in [-0.3, -0.25) is 9.58 Å². The predicted molar refractivity (Wildman–Crippen MR) is 97.1 cm³/mol. The minimum Gasteiger partial charge on any atom is -0.386 e. The SMILES string of the molecule is CS(=O)(=O)C[C@H](O)c1cc2n(n1)CCN(Cc1nc3ccccc3[nH]1)C2. The highest BCUT2D eigenvalue weighted by atomic mass is 32.2. The number of nitrogens with zero attached hydrogens (tertiary/aromatic N) is 4. The number of nitrogens with one attached hydrogen (secondary N) is 1. The number of H-pyrrole nitrogens is 1. The van der Waals surface area contributed by atoms with E-state index in [4.69, 9.17) is 0 Å². The molecular formula is C17H21N5O3S. The third-order valence-corrected chi connectivity index (χ3v) is 5.43. The molecule has 0 saturated carbocycles. The van der Waals surface area contributed by atoms with Gasteiger partial charge in [0, 0.05) is 19.3 Å². The lowest BCUT2D eigenvalue weighted by Crippen LogP contribution is -2.33. The normalized spacial score (nSPS) is 16.7. The Bertz CT molecular complexity index is 1010. The van der Waals surface area contributed by atoms with Crippen LogP contribution in [0.4, 0.5) is 0 Å². The number of hydrogen-bond donors (Lipinski definition) is 2. The van der Waals surface area contributed by atoms with Crippen molar-refractivity contribution in [1.82, 2.24) is 24.6 Å². The largest absolute Gasteiger partial charge is 0.386 e. The summed E-state index contributed by atoms with van der Waals surface area (Å²) in [6.07, 6.45) is 0.0216. The van der Waals surface area contributed by atoms with E-state index in [1.54, 1.807) is 6.07 Å². The molecule has 1 aromatic carbocycles. The van der Waals surface area contributed by atoms with Crippen molar-refractivity contribution < 1.29 is 13.5 Å². The molecule has 3 heterocycles. The predicted octanol–water partition coefficient (Wildman–Crippen LogP) is 0.853. The molecular weight excluding hydrogens is 354 g/mol. The zero-order chi connectivity index (χ0) is 18.3. The Morgan fingerprint density at radius 1 is 1.31 bits per heavy atom. The van der Waals surface area contributed by atoms with E-state index in [9.17, 15) is 13.5 Å². The van der Waals surface area contributed by atoms with Crippen LogP contribution in [0.15, 0.2) is 30.3 Å². The van der Waals surface area contributed by atoms with Gasteiger partial charge in [-0.25, -0.2) is 13.4 Å². The fourth-order valence-corrected chi connectivity index (χ4v) is 4.05. The Balaban J connectivity index is 1.47. The summed E-state index contributed by atoms with van der Waals surface area (Å²) < 4.78 is 24.6. The molecule has 3 aromatic rings. The number of sulfone groups is 1. The molecule has 1 aliphatic rings. The van der Waals surface area contributed by atoms with Crippen molar-refractivity contribution in [3.05, 3.63) is 47.5 Å². The molecule has 0 spiro atoms. The van der Waals surface area contributed by atoms with E-state index in [1.165, 1.54) is 0 Å². The van der Waals surface area contributed by atoms with Crippen molar-refractivity contribution in [1.29, 1.82) is 0 Å². The summed E-state index contributed by atoms with van der Waals surface area (Å²) in [7, 11) is -3.26. The molecule has 2 aromatic heterocycles. The topological polar surface area (TPSA) is 104 Å². The molecule has 0 fully saturated rings. The second-order valence-corrected chi connectivity index (χ2v) is 8.99. The van der Waals surface area contributed by atoms with Crippen LogP contribution in [0.1, 0.15) is 23.3 Å². The van der Waals surface area contributed by atoms with Crippen LogP contribution < -0.4 is 0 Å². The fourth-order valence-electron chi connectivity index (χ4n) is 3.31. The minimum atomic E-state index is -3.26. The highest BCUT2D eigenvalue weighted by Gasteiger charge is 2.23. The number of aromatic nitrogens is 4. The number of para-hydroxylation sites is 2. The first-order valence-corrected chi connectivity index (χ1v) is 10.5. The summed E-state index contributed by atoms with van der Waals surface area (Å²) in [5.74, 6) is 0.600. The molecule has 0 bridgehead atoms. The Morgan fingerprint density at radius 3 is 2.88 bits per heavy atom. The highest BCUT2D eigenvalue weighted by Crippen LogP contribution is 2.20. The summed E-state index contributed by atoms with van der Waals surface area (Å²) in [6.45, 7) is 2.88. The van der Waals surface area contributed by atoms with Gasteiger partial charge in [0.2, 0.25) is 0 Å². The van der Waals surface area contributed by atoms with E-state index < -0.39 is 15.9 Å². The summed E-state index contributed by atoms with van der Waals surface area (Å²) >= 11 is 0. The van der Waals surface area contributed by atoms with E-state index in [0.717, 1.165) is 35.4 Å². The van der Waals surface area contributed by atoms with Crippen molar-refractivity contribution in [2.75, 3.05) is 18.6 Å². The maximum atomic E-state index is 11.4. The van der Waals surface area contributed by atoms with Crippen LogP contribution in [-0.4, -0.2) is 56.7 Å². The van der Waals surface area contributed by atoms with Crippen LogP contribution >= 0.6 is 0 Å². The lowest BCUT2D eigenvalue weighted by molar-refractivity contribution is 0.190. The van der Waals surface area contributed by atoms with Crippen molar-refractivity contribution in [3.63, 3.8) is 0 Å². The van der Waals surface area contributed by atoms with E-state index >= 15 is 0 Å².